The number of para-hydroxylation sites is 1. The number of benzene rings is 2. The fraction of sp³-hybridized carbons (Fsp3) is 0.381. The maximum atomic E-state index is 13.0. The topological polar surface area (TPSA) is 90.0 Å². The van der Waals surface area contributed by atoms with E-state index in [2.05, 4.69) is 21.8 Å². The molecule has 0 aliphatic heterocycles. The van der Waals surface area contributed by atoms with Crippen LogP contribution in [-0.4, -0.2) is 30.1 Å². The van der Waals surface area contributed by atoms with Crippen LogP contribution >= 0.6 is 0 Å². The molecule has 7 heteroatoms. The highest BCUT2D eigenvalue weighted by Gasteiger charge is 2.26. The molecule has 0 spiro atoms. The molecule has 3 rings (SSSR count). The Balaban J connectivity index is 2.18. The zero-order valence-corrected chi connectivity index (χ0v) is 17.7. The lowest BCUT2D eigenvalue weighted by Gasteiger charge is -2.20. The van der Waals surface area contributed by atoms with E-state index in [1.807, 2.05) is 50.5 Å². The first kappa shape index (κ1) is 20.5. The molecule has 150 valence electrons. The van der Waals surface area contributed by atoms with E-state index in [0.29, 0.717) is 18.5 Å². The van der Waals surface area contributed by atoms with E-state index in [1.165, 1.54) is 5.56 Å². The molecule has 0 fully saturated rings. The van der Waals surface area contributed by atoms with Gasteiger partial charge in [-0.3, -0.25) is 4.57 Å². The van der Waals surface area contributed by atoms with Crippen LogP contribution in [-0.2, 0) is 22.9 Å². The summed E-state index contributed by atoms with van der Waals surface area (Å²) in [6, 6.07) is 13.4. The fourth-order valence-electron chi connectivity index (χ4n) is 3.30. The van der Waals surface area contributed by atoms with Crippen LogP contribution in [0.3, 0.4) is 0 Å². The number of imidazole rings is 1. The molecule has 28 heavy (non-hydrogen) atoms. The molecule has 0 aliphatic rings. The van der Waals surface area contributed by atoms with Gasteiger partial charge < -0.3 is 5.73 Å². The van der Waals surface area contributed by atoms with Crippen molar-refractivity contribution in [2.75, 3.05) is 6.54 Å². The quantitative estimate of drug-likeness (QED) is 0.665. The van der Waals surface area contributed by atoms with Gasteiger partial charge in [0.05, 0.1) is 5.52 Å². The predicted octanol–water partition coefficient (Wildman–Crippen LogP) is 3.17. The fourth-order valence-corrected chi connectivity index (χ4v) is 4.88. The van der Waals surface area contributed by atoms with E-state index < -0.39 is 15.6 Å². The Bertz CT molecular complexity index is 1080. The van der Waals surface area contributed by atoms with Crippen molar-refractivity contribution in [3.05, 3.63) is 53.9 Å². The normalized spacial score (nSPS) is 12.6. The minimum absolute atomic E-state index is 0.202. The molecule has 3 N–H and O–H groups in total. The highest BCUT2D eigenvalue weighted by Crippen LogP contribution is 2.28. The summed E-state index contributed by atoms with van der Waals surface area (Å²) in [5.41, 5.74) is 8.46. The Morgan fingerprint density at radius 1 is 1.11 bits per heavy atom. The molecule has 0 unspecified atom stereocenters. The van der Waals surface area contributed by atoms with Gasteiger partial charge in [0, 0.05) is 17.6 Å². The van der Waals surface area contributed by atoms with Gasteiger partial charge in [-0.25, -0.2) is 18.1 Å². The largest absolute Gasteiger partial charge is 0.330 e. The first-order valence-corrected chi connectivity index (χ1v) is 11.0. The van der Waals surface area contributed by atoms with Gasteiger partial charge in [0.15, 0.2) is 0 Å². The van der Waals surface area contributed by atoms with Crippen molar-refractivity contribution in [2.45, 2.75) is 51.0 Å². The lowest BCUT2D eigenvalue weighted by atomic mass is 10.1. The minimum atomic E-state index is -3.69. The number of hydrogen-bond donors (Lipinski definition) is 2. The number of fused-ring (bicyclic) bond motifs is 1. The summed E-state index contributed by atoms with van der Waals surface area (Å²) in [5.74, 6) is 0.819. The highest BCUT2D eigenvalue weighted by molar-refractivity contribution is 7.89. The van der Waals surface area contributed by atoms with Crippen LogP contribution < -0.4 is 10.5 Å². The van der Waals surface area contributed by atoms with E-state index in [4.69, 9.17) is 5.73 Å². The van der Waals surface area contributed by atoms with E-state index in [0.717, 1.165) is 23.4 Å². The zero-order valence-electron chi connectivity index (χ0n) is 16.9. The minimum Gasteiger partial charge on any atom is -0.330 e. The first-order valence-electron chi connectivity index (χ1n) is 9.50. The van der Waals surface area contributed by atoms with E-state index in [9.17, 15) is 8.42 Å². The number of hydrogen-bond acceptors (Lipinski definition) is 4. The highest BCUT2D eigenvalue weighted by atomic mass is 32.2. The molecule has 0 bridgehead atoms. The summed E-state index contributed by atoms with van der Waals surface area (Å²) >= 11 is 0. The van der Waals surface area contributed by atoms with Crippen LogP contribution in [0.2, 0.25) is 0 Å². The van der Waals surface area contributed by atoms with Crippen molar-refractivity contribution in [1.29, 1.82) is 0 Å². The summed E-state index contributed by atoms with van der Waals surface area (Å²) in [5, 5.41) is 0. The van der Waals surface area contributed by atoms with Gasteiger partial charge in [-0.2, -0.15) is 0 Å². The maximum Gasteiger partial charge on any atom is 0.243 e. The molecular formula is C21H28N4O2S. The third-order valence-corrected chi connectivity index (χ3v) is 6.18. The number of nitrogens with one attached hydrogen (secondary N) is 1. The van der Waals surface area contributed by atoms with Gasteiger partial charge in [-0.05, 0) is 63.6 Å². The summed E-state index contributed by atoms with van der Waals surface area (Å²) in [7, 11) is -3.69. The Morgan fingerprint density at radius 3 is 2.36 bits per heavy atom. The molecule has 1 heterocycles. The smallest absolute Gasteiger partial charge is 0.243 e. The van der Waals surface area contributed by atoms with Crippen LogP contribution in [0.4, 0.5) is 0 Å². The molecule has 0 atom stereocenters. The predicted molar refractivity (Wildman–Crippen MR) is 113 cm³/mol. The van der Waals surface area contributed by atoms with Crippen molar-refractivity contribution in [3.8, 4) is 5.69 Å². The number of rotatable bonds is 6. The average Bonchev–Trinajstić information content (AvgIpc) is 2.99. The standard InChI is InChI=1S/C21H28N4O2S/c1-5-19-23-20-17(25(19)16-11-9-15(10-12-16)13-14-22)7-6-8-18(20)28(26,27)24-21(2,3)4/h6-12,24H,5,13-14,22H2,1-4H3. The molecule has 0 radical (unpaired) electrons. The van der Waals surface area contributed by atoms with Crippen LogP contribution in [0.1, 0.15) is 39.1 Å². The second kappa shape index (κ2) is 7.66. The number of nitrogens with two attached hydrogens (primary N) is 1. The number of aryl methyl sites for hydroxylation is 1. The molecule has 0 aliphatic carbocycles. The number of sulfonamides is 1. The Kier molecular flexibility index (Phi) is 5.61. The van der Waals surface area contributed by atoms with Crippen molar-refractivity contribution in [1.82, 2.24) is 14.3 Å². The van der Waals surface area contributed by atoms with E-state index in [1.54, 1.807) is 12.1 Å². The monoisotopic (exact) mass is 400 g/mol. The van der Waals surface area contributed by atoms with Crippen molar-refractivity contribution in [2.24, 2.45) is 5.73 Å². The molecule has 0 saturated heterocycles. The Labute approximate surface area is 166 Å². The molecule has 6 nitrogen and oxygen atoms in total. The zero-order chi connectivity index (χ0) is 20.5. The molecule has 0 saturated carbocycles. The second-order valence-electron chi connectivity index (χ2n) is 7.90. The molecule has 2 aromatic carbocycles. The van der Waals surface area contributed by atoms with Crippen LogP contribution in [0.5, 0.6) is 0 Å². The lowest BCUT2D eigenvalue weighted by Crippen LogP contribution is -2.40. The maximum absolute atomic E-state index is 13.0. The molecule has 3 aromatic rings. The Hall–Kier alpha value is -2.22. The third kappa shape index (κ3) is 4.11. The van der Waals surface area contributed by atoms with Crippen molar-refractivity contribution in [3.63, 3.8) is 0 Å². The number of aromatic nitrogens is 2. The van der Waals surface area contributed by atoms with Gasteiger partial charge >= 0.3 is 0 Å². The van der Waals surface area contributed by atoms with Gasteiger partial charge in [0.2, 0.25) is 10.0 Å². The molecule has 0 amide bonds. The molecule has 1 aromatic heterocycles. The Morgan fingerprint density at radius 2 is 1.79 bits per heavy atom. The summed E-state index contributed by atoms with van der Waals surface area (Å²) in [6.45, 7) is 8.09. The van der Waals surface area contributed by atoms with Crippen LogP contribution in [0.25, 0.3) is 16.7 Å². The summed E-state index contributed by atoms with van der Waals surface area (Å²) in [4.78, 5) is 4.89. The van der Waals surface area contributed by atoms with E-state index in [-0.39, 0.29) is 4.90 Å². The van der Waals surface area contributed by atoms with Crippen LogP contribution in [0.15, 0.2) is 47.4 Å². The number of nitrogens with zero attached hydrogens (tertiary/aromatic N) is 2. The van der Waals surface area contributed by atoms with Gasteiger partial charge in [0.1, 0.15) is 16.2 Å². The second-order valence-corrected chi connectivity index (χ2v) is 9.55. The SMILES string of the molecule is CCc1nc2c(S(=O)(=O)NC(C)(C)C)cccc2n1-c1ccc(CCN)cc1. The van der Waals surface area contributed by atoms with Gasteiger partial charge in [-0.1, -0.05) is 25.1 Å². The summed E-state index contributed by atoms with van der Waals surface area (Å²) < 4.78 is 30.7. The van der Waals surface area contributed by atoms with E-state index >= 15 is 0 Å². The van der Waals surface area contributed by atoms with Crippen molar-refractivity contribution >= 4 is 21.1 Å². The van der Waals surface area contributed by atoms with Gasteiger partial charge in [-0.15, -0.1) is 0 Å². The molecular weight excluding hydrogens is 372 g/mol. The lowest BCUT2D eigenvalue weighted by molar-refractivity contribution is 0.492. The first-order chi connectivity index (χ1) is 13.2. The third-order valence-electron chi connectivity index (χ3n) is 4.39. The van der Waals surface area contributed by atoms with Crippen LogP contribution in [0, 0.1) is 0 Å². The average molecular weight is 401 g/mol. The van der Waals surface area contributed by atoms with Crippen molar-refractivity contribution < 1.29 is 8.42 Å². The van der Waals surface area contributed by atoms with Gasteiger partial charge in [0.25, 0.3) is 0 Å². The summed E-state index contributed by atoms with van der Waals surface area (Å²) in [6.07, 6.45) is 1.51.